The van der Waals surface area contributed by atoms with Crippen LogP contribution in [-0.2, 0) is 28.7 Å². The van der Waals surface area contributed by atoms with Crippen LogP contribution in [-0.4, -0.2) is 109 Å². The summed E-state index contributed by atoms with van der Waals surface area (Å²) in [4.78, 5) is 49.5. The highest BCUT2D eigenvalue weighted by Crippen LogP contribution is 2.72. The van der Waals surface area contributed by atoms with Gasteiger partial charge in [-0.1, -0.05) is 45.4 Å². The van der Waals surface area contributed by atoms with Gasteiger partial charge in [-0.3, -0.25) is 19.2 Å². The van der Waals surface area contributed by atoms with Gasteiger partial charge in [0.15, 0.2) is 40.2 Å². The van der Waals surface area contributed by atoms with Gasteiger partial charge < -0.3 is 35.0 Å². The van der Waals surface area contributed by atoms with Crippen LogP contribution in [0.1, 0.15) is 93.4 Å². The van der Waals surface area contributed by atoms with E-state index in [0.29, 0.717) is 36.8 Å². The number of allylic oxidation sites excluding steroid dienone is 8. The Hall–Kier alpha value is -2.78. The van der Waals surface area contributed by atoms with Gasteiger partial charge >= 0.3 is 0 Å². The number of aliphatic hydroxyl groups excluding tert-OH is 4. The standard InChI is InChI=1S/C24H31FO6.C22H29FO5/c1-21(2)30-19-9-14-13-8-16(25)15-7-12(27)5-6-22(15,3)20(13)17(28)10-23(14,4)24(19,31-21)18(29)11-26;1-12-8-16-15-5-4-13-9-14(25)6-7-19(13,2)21(15,23)17(26)10-20(16,3)22(12,28)18(27)11-24/h5-7,13-14,16-17,19-20,26,28H,8-11H2,1-4H3;6-7,9,12,15-17,24,26,28H,4-5,8,10-11H2,1-3H3/t13-,14-,16-,17-,19+,20+,22-,23-,24+;12-,15-,16-,17-,19-,20-,21-,22-/m00/s1. The first-order chi connectivity index (χ1) is 27.4. The molecule has 59 heavy (non-hydrogen) atoms. The van der Waals surface area contributed by atoms with E-state index in [9.17, 15) is 44.7 Å². The van der Waals surface area contributed by atoms with Crippen LogP contribution in [0.3, 0.4) is 0 Å². The van der Waals surface area contributed by atoms with Gasteiger partial charge in [0.25, 0.3) is 0 Å². The second-order valence-corrected chi connectivity index (χ2v) is 20.7. The number of Topliss-reactive ketones (excluding diaryl/α,β-unsaturated/α-hetero) is 2. The van der Waals surface area contributed by atoms with Crippen LogP contribution in [0.2, 0.25) is 0 Å². The first-order valence-corrected chi connectivity index (χ1v) is 21.3. The van der Waals surface area contributed by atoms with Gasteiger partial charge in [0.2, 0.25) is 0 Å². The summed E-state index contributed by atoms with van der Waals surface area (Å²) in [6, 6.07) is 0. The van der Waals surface area contributed by atoms with E-state index in [1.54, 1.807) is 46.8 Å². The molecule has 0 bridgehead atoms. The lowest BCUT2D eigenvalue weighted by molar-refractivity contribution is -0.226. The van der Waals surface area contributed by atoms with Crippen molar-refractivity contribution in [1.29, 1.82) is 0 Å². The quantitative estimate of drug-likeness (QED) is 0.274. The number of fused-ring (bicyclic) bond motifs is 12. The fraction of sp³-hybridized carbons (Fsp3) is 0.739. The summed E-state index contributed by atoms with van der Waals surface area (Å²) in [5.74, 6) is -4.40. The Morgan fingerprint density at radius 3 is 2.15 bits per heavy atom. The van der Waals surface area contributed by atoms with Crippen molar-refractivity contribution >= 4 is 23.1 Å². The zero-order valence-electron chi connectivity index (χ0n) is 35.0. The van der Waals surface area contributed by atoms with Crippen LogP contribution in [0, 0.1) is 57.2 Å². The molecule has 11 nitrogen and oxygen atoms in total. The molecule has 13 heteroatoms. The van der Waals surface area contributed by atoms with Crippen molar-refractivity contribution in [2.45, 2.75) is 141 Å². The molecule has 1 aliphatic heterocycles. The highest BCUT2D eigenvalue weighted by atomic mass is 19.1. The van der Waals surface area contributed by atoms with Crippen molar-refractivity contribution in [3.63, 3.8) is 0 Å². The zero-order valence-corrected chi connectivity index (χ0v) is 35.0. The Balaban J connectivity index is 0.000000165. The van der Waals surface area contributed by atoms with Crippen molar-refractivity contribution in [2.24, 2.45) is 57.2 Å². The summed E-state index contributed by atoms with van der Waals surface area (Å²) in [7, 11) is 0. The number of hydrogen-bond acceptors (Lipinski definition) is 11. The maximum atomic E-state index is 16.9. The molecule has 0 aromatic carbocycles. The Morgan fingerprint density at radius 1 is 0.847 bits per heavy atom. The van der Waals surface area contributed by atoms with Crippen LogP contribution < -0.4 is 0 Å². The molecular weight excluding hydrogens is 766 g/mol. The molecule has 0 unspecified atom stereocenters. The first-order valence-electron chi connectivity index (χ1n) is 21.3. The van der Waals surface area contributed by atoms with Crippen LogP contribution in [0.15, 0.2) is 47.6 Å². The number of halogens is 2. The maximum absolute atomic E-state index is 16.9. The highest BCUT2D eigenvalue weighted by molar-refractivity contribution is 6.02. The number of aliphatic hydroxyl groups is 5. The van der Waals surface area contributed by atoms with Crippen molar-refractivity contribution in [2.75, 3.05) is 13.2 Å². The molecule has 0 aromatic heterocycles. The summed E-state index contributed by atoms with van der Waals surface area (Å²) in [5.41, 5.74) is -7.67. The van der Waals surface area contributed by atoms with E-state index in [-0.39, 0.29) is 54.5 Å². The molecule has 8 aliphatic carbocycles. The average Bonchev–Trinajstić information content (AvgIpc) is 3.66. The second-order valence-electron chi connectivity index (χ2n) is 20.7. The van der Waals surface area contributed by atoms with Gasteiger partial charge in [0.05, 0.1) is 18.3 Å². The molecule has 9 rings (SSSR count). The van der Waals surface area contributed by atoms with E-state index in [1.807, 2.05) is 13.8 Å². The predicted octanol–water partition coefficient (Wildman–Crippen LogP) is 4.17. The first kappa shape index (κ1) is 42.9. The normalized spacial score (nSPS) is 52.3. The summed E-state index contributed by atoms with van der Waals surface area (Å²) in [6.45, 7) is 11.1. The molecule has 0 radical (unpaired) electrons. The molecule has 9 aliphatic rings. The third-order valence-electron chi connectivity index (χ3n) is 17.8. The van der Waals surface area contributed by atoms with E-state index in [2.05, 4.69) is 0 Å². The van der Waals surface area contributed by atoms with Crippen molar-refractivity contribution in [3.8, 4) is 0 Å². The maximum Gasteiger partial charge on any atom is 0.193 e. The Labute approximate surface area is 344 Å². The highest BCUT2D eigenvalue weighted by Gasteiger charge is 2.78. The van der Waals surface area contributed by atoms with Gasteiger partial charge in [-0.2, -0.15) is 0 Å². The summed E-state index contributed by atoms with van der Waals surface area (Å²) >= 11 is 0. The second kappa shape index (κ2) is 13.4. The summed E-state index contributed by atoms with van der Waals surface area (Å²) in [6.07, 6.45) is 7.34. The SMILES string of the molecule is CC1(C)O[C@@H]2C[C@H]3[C@@H]4C[C@H](F)C5=CC(=O)C=C[C@]5(C)[C@H]4[C@@H](O)C[C@]3(C)[C@]2(C(=O)CO)O1.C[C@H]1C[C@H]2[C@@H]3CCC4=CC(=O)C=C[C@]4(C)[C@@]3(F)[C@@H](O)C[C@]2(C)[C@@]1(O)C(=O)CO. The number of carbonyl (C=O) groups is 4. The fourth-order valence-corrected chi connectivity index (χ4v) is 15.3. The van der Waals surface area contributed by atoms with Gasteiger partial charge in [-0.25, -0.2) is 8.78 Å². The minimum Gasteiger partial charge on any atom is -0.393 e. The summed E-state index contributed by atoms with van der Waals surface area (Å²) < 4.78 is 44.7. The third-order valence-corrected chi connectivity index (χ3v) is 17.8. The Morgan fingerprint density at radius 2 is 1.49 bits per heavy atom. The van der Waals surface area contributed by atoms with Gasteiger partial charge in [-0.15, -0.1) is 0 Å². The number of carbonyl (C=O) groups excluding carboxylic acids is 4. The van der Waals surface area contributed by atoms with Crippen LogP contribution in [0.4, 0.5) is 8.78 Å². The summed E-state index contributed by atoms with van der Waals surface area (Å²) in [5, 5.41) is 53.2. The number of ether oxygens (including phenoxy) is 2. The predicted molar refractivity (Wildman–Crippen MR) is 208 cm³/mol. The molecule has 1 saturated heterocycles. The van der Waals surface area contributed by atoms with Gasteiger partial charge in [0, 0.05) is 33.5 Å². The lowest BCUT2D eigenvalue weighted by Crippen LogP contribution is -2.69. The number of rotatable bonds is 4. The molecule has 0 aromatic rings. The smallest absolute Gasteiger partial charge is 0.193 e. The minimum atomic E-state index is -1.98. The van der Waals surface area contributed by atoms with Crippen molar-refractivity contribution < 1.29 is 63.0 Å². The number of alkyl halides is 2. The number of hydrogen-bond donors (Lipinski definition) is 5. The van der Waals surface area contributed by atoms with Crippen LogP contribution >= 0.6 is 0 Å². The molecule has 17 atom stereocenters. The largest absolute Gasteiger partial charge is 0.393 e. The van der Waals surface area contributed by atoms with Gasteiger partial charge in [0.1, 0.15) is 25.0 Å². The van der Waals surface area contributed by atoms with Crippen LogP contribution in [0.5, 0.6) is 0 Å². The molecule has 1 heterocycles. The molecule has 5 N–H and O–H groups in total. The van der Waals surface area contributed by atoms with Crippen molar-refractivity contribution in [3.05, 3.63) is 47.6 Å². The minimum absolute atomic E-state index is 0.0676. The molecule has 7 fully saturated rings. The fourth-order valence-electron chi connectivity index (χ4n) is 15.3. The molecule has 0 amide bonds. The molecule has 324 valence electrons. The van der Waals surface area contributed by atoms with Crippen molar-refractivity contribution in [1.82, 2.24) is 0 Å². The van der Waals surface area contributed by atoms with E-state index in [0.717, 1.165) is 0 Å². The zero-order chi connectivity index (χ0) is 43.3. The molecular formula is C46H60F2O11. The van der Waals surface area contributed by atoms with E-state index < -0.39 is 105 Å². The van der Waals surface area contributed by atoms with E-state index in [1.165, 1.54) is 24.3 Å². The van der Waals surface area contributed by atoms with E-state index in [4.69, 9.17) is 9.47 Å². The topological polar surface area (TPSA) is 188 Å². The monoisotopic (exact) mass is 826 g/mol. The molecule has 6 saturated carbocycles. The lowest BCUT2D eigenvalue weighted by atomic mass is 9.44. The lowest BCUT2D eigenvalue weighted by Gasteiger charge is -2.62. The average molecular weight is 827 g/mol. The third kappa shape index (κ3) is 5.27. The van der Waals surface area contributed by atoms with Gasteiger partial charge in [-0.05, 0) is 119 Å². The molecule has 0 spiro atoms. The number of ketones is 4. The Bertz CT molecular complexity index is 1990. The Kier molecular flexibility index (Phi) is 9.71. The van der Waals surface area contributed by atoms with E-state index >= 15 is 8.78 Å². The van der Waals surface area contributed by atoms with Crippen LogP contribution in [0.25, 0.3) is 0 Å².